The lowest BCUT2D eigenvalue weighted by molar-refractivity contribution is -0.150. The van der Waals surface area contributed by atoms with Crippen molar-refractivity contribution in [1.29, 1.82) is 0 Å². The Bertz CT molecular complexity index is 2320. The number of Topliss-reactive ketones (excluding diaryl/α,β-unsaturated/α-hetero) is 1. The summed E-state index contributed by atoms with van der Waals surface area (Å²) in [5.41, 5.74) is 10.8. The highest BCUT2D eigenvalue weighted by Crippen LogP contribution is 2.40. The molecule has 16 atom stereocenters. The molecule has 4 saturated heterocycles. The van der Waals surface area contributed by atoms with Crippen LogP contribution in [-0.2, 0) is 33.6 Å². The highest BCUT2D eigenvalue weighted by atomic mass is 16.3. The predicted molar refractivity (Wildman–Crippen MR) is 292 cm³/mol. The molecule has 80 heavy (non-hydrogen) atoms. The number of benzene rings is 1. The number of hydrogen-bond acceptors (Lipinski definition) is 19. The molecule has 1 spiro atoms. The van der Waals surface area contributed by atoms with Gasteiger partial charge in [0.1, 0.15) is 41.7 Å². The molecule has 4 aliphatic heterocycles. The Balaban J connectivity index is 1.52. The van der Waals surface area contributed by atoms with Gasteiger partial charge in [-0.15, -0.1) is 0 Å². The normalized spacial score (nSPS) is 30.6. The van der Waals surface area contributed by atoms with Crippen molar-refractivity contribution in [1.82, 2.24) is 41.7 Å². The third-order valence-electron chi connectivity index (χ3n) is 15.7. The summed E-state index contributed by atoms with van der Waals surface area (Å²) in [6.45, 7) is 6.16. The second kappa shape index (κ2) is 30.6. The zero-order valence-corrected chi connectivity index (χ0v) is 46.4. The van der Waals surface area contributed by atoms with Gasteiger partial charge < -0.3 is 88.7 Å². The number of phenolic OH excluding ortho intramolecular Hbond substituents is 1. The summed E-state index contributed by atoms with van der Waals surface area (Å²) in [6, 6.07) is -3.39. The zero-order valence-electron chi connectivity index (χ0n) is 46.4. The van der Waals surface area contributed by atoms with Gasteiger partial charge in [0.05, 0.1) is 48.6 Å². The number of amides is 6. The van der Waals surface area contributed by atoms with Gasteiger partial charge in [-0.1, -0.05) is 42.9 Å². The van der Waals surface area contributed by atoms with E-state index in [1.54, 1.807) is 0 Å². The highest BCUT2D eigenvalue weighted by Gasteiger charge is 2.65. The topological polar surface area (TPSA) is 422 Å². The molecule has 18 N–H and O–H groups in total. The number of hydrogen-bond donors (Lipinski definition) is 16. The van der Waals surface area contributed by atoms with Crippen LogP contribution < -0.4 is 43.4 Å². The second-order valence-electron chi connectivity index (χ2n) is 22.1. The Labute approximate surface area is 467 Å². The van der Waals surface area contributed by atoms with E-state index in [1.807, 2.05) is 6.92 Å². The van der Waals surface area contributed by atoms with Crippen molar-refractivity contribution in [2.75, 3.05) is 39.3 Å². The lowest BCUT2D eigenvalue weighted by Crippen LogP contribution is -2.64. The van der Waals surface area contributed by atoms with Gasteiger partial charge in [-0.3, -0.25) is 38.9 Å². The minimum atomic E-state index is -2.22. The number of rotatable bonds is 21. The molecule has 25 nitrogen and oxygen atoms in total. The van der Waals surface area contributed by atoms with Crippen molar-refractivity contribution in [3.8, 4) is 5.75 Å². The summed E-state index contributed by atoms with van der Waals surface area (Å²) >= 11 is 0. The van der Waals surface area contributed by atoms with E-state index in [9.17, 15) is 69.6 Å². The molecule has 0 aliphatic carbocycles. The van der Waals surface area contributed by atoms with E-state index < -0.39 is 158 Å². The average Bonchev–Trinajstić information content (AvgIpc) is 3.96. The molecule has 4 fully saturated rings. The number of ketones is 1. The van der Waals surface area contributed by atoms with Crippen LogP contribution in [0.1, 0.15) is 116 Å². The van der Waals surface area contributed by atoms with Gasteiger partial charge >= 0.3 is 0 Å². The summed E-state index contributed by atoms with van der Waals surface area (Å²) in [5, 5.41) is 107. The van der Waals surface area contributed by atoms with Gasteiger partial charge in [0.2, 0.25) is 35.4 Å². The number of unbranched alkanes of at least 4 members (excludes halogenated alkanes) is 2. The molecule has 4 aliphatic rings. The summed E-state index contributed by atoms with van der Waals surface area (Å²) in [5.74, 6) is -8.51. The van der Waals surface area contributed by atoms with Crippen molar-refractivity contribution in [3.63, 3.8) is 0 Å². The molecule has 0 aromatic heterocycles. The van der Waals surface area contributed by atoms with Crippen LogP contribution in [0.4, 0.5) is 0 Å². The van der Waals surface area contributed by atoms with Crippen LogP contribution in [0.15, 0.2) is 48.1 Å². The maximum absolute atomic E-state index is 15.1. The molecule has 448 valence electrons. The van der Waals surface area contributed by atoms with Gasteiger partial charge in [0.15, 0.2) is 5.78 Å². The molecule has 5 rings (SSSR count). The standard InChI is InChI=1S/C55H88N10O15/c1-5-30(2)24-31(3)12-10-8-6-7-9-11-13-41(72)60-34-25-40(71)50(58-22-21-57)63-52(78)46-39(70)19-23-64(46)54(80)45(38(69)18-20-56)62-51(77)43(48(75)47(74)33-14-16-35(67)17-15-33)55(29-59-55)49(76)37-27-36(68)28-65(37)53(79)44(32(4)66)61-42(73)26-34/h5-6,8,14-17,31-32,34,36-40,43-48,50,58-59,66-71,74-75H,7,9-13,18-29,56-57H2,1-4H3,(H,60,72)(H,61,73)(H,62,77)(H,63,78)/b8-6+,30-5+/t31-,32-,34?,36-,37?,38-,39+,40-,43+,44+,45+,46+,47+,48+,50+,55?/m1/s1. The van der Waals surface area contributed by atoms with Crippen LogP contribution >= 0.6 is 0 Å². The van der Waals surface area contributed by atoms with E-state index in [1.165, 1.54) is 36.8 Å². The Morgan fingerprint density at radius 3 is 2.16 bits per heavy atom. The Morgan fingerprint density at radius 2 is 1.52 bits per heavy atom. The van der Waals surface area contributed by atoms with Crippen LogP contribution in [0.5, 0.6) is 5.75 Å². The highest BCUT2D eigenvalue weighted by molar-refractivity contribution is 6.04. The first-order valence-electron chi connectivity index (χ1n) is 28.0. The van der Waals surface area contributed by atoms with E-state index in [2.05, 4.69) is 64.0 Å². The number of aliphatic hydroxyl groups is 7. The number of nitrogens with zero attached hydrogens (tertiary/aromatic N) is 2. The third-order valence-corrected chi connectivity index (χ3v) is 15.7. The van der Waals surface area contributed by atoms with Gasteiger partial charge in [-0.2, -0.15) is 0 Å². The van der Waals surface area contributed by atoms with E-state index in [4.69, 9.17) is 11.5 Å². The predicted octanol–water partition coefficient (Wildman–Crippen LogP) is -3.18. The molecule has 1 aromatic rings. The van der Waals surface area contributed by atoms with Crippen LogP contribution in [0, 0.1) is 11.8 Å². The molecule has 6 amide bonds. The molecule has 0 saturated carbocycles. The van der Waals surface area contributed by atoms with E-state index in [0.717, 1.165) is 35.5 Å². The number of carbonyl (C=O) groups is 7. The summed E-state index contributed by atoms with van der Waals surface area (Å²) in [4.78, 5) is 103. The maximum atomic E-state index is 15.1. The van der Waals surface area contributed by atoms with Crippen LogP contribution in [-0.4, -0.2) is 210 Å². The first-order valence-corrected chi connectivity index (χ1v) is 28.0. The molecule has 0 bridgehead atoms. The fourth-order valence-corrected chi connectivity index (χ4v) is 11.0. The van der Waals surface area contributed by atoms with Crippen LogP contribution in [0.3, 0.4) is 0 Å². The van der Waals surface area contributed by atoms with Crippen molar-refractivity contribution >= 4 is 41.2 Å². The summed E-state index contributed by atoms with van der Waals surface area (Å²) in [6.07, 6.45) is -4.31. The fraction of sp³-hybridized carbons (Fsp3) is 0.691. The number of nitrogens with one attached hydrogen (secondary N) is 6. The van der Waals surface area contributed by atoms with E-state index >= 15 is 4.79 Å². The van der Waals surface area contributed by atoms with Gasteiger partial charge in [0.25, 0.3) is 0 Å². The fourth-order valence-electron chi connectivity index (χ4n) is 11.0. The van der Waals surface area contributed by atoms with Crippen LogP contribution in [0.25, 0.3) is 0 Å². The number of allylic oxidation sites excluding steroid dienone is 4. The molecule has 1 aromatic carbocycles. The Kier molecular flexibility index (Phi) is 25.0. The molecule has 4 heterocycles. The molecule has 0 radical (unpaired) electrons. The van der Waals surface area contributed by atoms with Crippen molar-refractivity contribution in [3.05, 3.63) is 53.6 Å². The number of nitrogens with two attached hydrogens (primary N) is 2. The quantitative estimate of drug-likeness (QED) is 0.0328. The molecular formula is C55H88N10O15. The monoisotopic (exact) mass is 1130 g/mol. The lowest BCUT2D eigenvalue weighted by atomic mass is 9.77. The van der Waals surface area contributed by atoms with Gasteiger partial charge in [0, 0.05) is 58.0 Å². The molecule has 25 heteroatoms. The maximum Gasteiger partial charge on any atom is 0.248 e. The number of aliphatic hydroxyl groups excluding tert-OH is 7. The zero-order chi connectivity index (χ0) is 59.0. The van der Waals surface area contributed by atoms with Gasteiger partial charge in [-0.05, 0) is 109 Å². The summed E-state index contributed by atoms with van der Waals surface area (Å²) in [7, 11) is 0. The molecular weight excluding hydrogens is 1040 g/mol. The Hall–Kier alpha value is -5.45. The number of fused-ring (bicyclic) bond motifs is 2. The SMILES string of the molecule is C/C=C(\C)C[C@H](C)CC/C=C/CCCCC(=O)NC1CC(=O)N[C@@H]([C@@H](C)O)C(=O)N2C[C@H](O)CC2C(=O)C2(CN2)[C@@H]([C@H](O)[C@@H](O)c2ccc(O)cc2)C(=O)N[C@@H]([C@H](O)CCN)C(=O)N2CC[C@H](O)[C@H]2C(=O)N[C@H](NCCN)[C@H](O)C1. The van der Waals surface area contributed by atoms with Crippen molar-refractivity contribution < 1.29 is 74.4 Å². The van der Waals surface area contributed by atoms with Crippen LogP contribution in [0.2, 0.25) is 0 Å². The lowest BCUT2D eigenvalue weighted by Gasteiger charge is -2.37. The largest absolute Gasteiger partial charge is 0.508 e. The average molecular weight is 1130 g/mol. The smallest absolute Gasteiger partial charge is 0.248 e. The summed E-state index contributed by atoms with van der Waals surface area (Å²) < 4.78 is 0. The van der Waals surface area contributed by atoms with Crippen molar-refractivity contribution in [2.24, 2.45) is 23.3 Å². The van der Waals surface area contributed by atoms with E-state index in [-0.39, 0.29) is 63.3 Å². The van der Waals surface area contributed by atoms with Crippen molar-refractivity contribution in [2.45, 2.75) is 189 Å². The minimum Gasteiger partial charge on any atom is -0.508 e. The number of aromatic hydroxyl groups is 1. The number of phenols is 1. The second-order valence-corrected chi connectivity index (χ2v) is 22.1. The molecule has 3 unspecified atom stereocenters. The van der Waals surface area contributed by atoms with Gasteiger partial charge in [-0.25, -0.2) is 0 Å². The first-order chi connectivity index (χ1) is 38.0. The number of carbonyl (C=O) groups excluding carboxylic acids is 7. The third kappa shape index (κ3) is 17.3. The van der Waals surface area contributed by atoms with E-state index in [0.29, 0.717) is 18.8 Å². The first kappa shape index (κ1) is 65.4. The Morgan fingerprint density at radius 1 is 0.850 bits per heavy atom. The minimum absolute atomic E-state index is 0.00295.